The molecule has 13 heteroatoms. The molecule has 2 heterocycles. The second-order valence-electron chi connectivity index (χ2n) is 9.12. The summed E-state index contributed by atoms with van der Waals surface area (Å²) in [5.74, 6) is -2.58. The van der Waals surface area contributed by atoms with Gasteiger partial charge in [0, 0.05) is 51.9 Å². The summed E-state index contributed by atoms with van der Waals surface area (Å²) in [6.45, 7) is 6.22. The van der Waals surface area contributed by atoms with Gasteiger partial charge in [0.2, 0.25) is 11.8 Å². The predicted octanol–water partition coefficient (Wildman–Crippen LogP) is 0.586. The third kappa shape index (κ3) is 7.06. The van der Waals surface area contributed by atoms with E-state index in [4.69, 9.17) is 0 Å². The van der Waals surface area contributed by atoms with Gasteiger partial charge in [-0.2, -0.15) is 5.10 Å². The molecular weight excluding hydrogens is 495 g/mol. The zero-order chi connectivity index (χ0) is 27.8. The van der Waals surface area contributed by atoms with Crippen molar-refractivity contribution >= 4 is 29.4 Å². The fraction of sp³-hybridized carbons (Fsp3) is 0.480. The van der Waals surface area contributed by atoms with Crippen LogP contribution in [0.4, 0.5) is 14.9 Å². The summed E-state index contributed by atoms with van der Waals surface area (Å²) in [4.78, 5) is 53.8. The van der Waals surface area contributed by atoms with Crippen LogP contribution in [0.5, 0.6) is 0 Å². The van der Waals surface area contributed by atoms with Gasteiger partial charge in [0.15, 0.2) is 0 Å². The van der Waals surface area contributed by atoms with Gasteiger partial charge in [-0.25, -0.2) is 9.18 Å². The Labute approximate surface area is 220 Å². The number of urea groups is 1. The van der Waals surface area contributed by atoms with Crippen molar-refractivity contribution in [2.24, 2.45) is 0 Å². The molecule has 0 aliphatic carbocycles. The van der Waals surface area contributed by atoms with Crippen molar-refractivity contribution in [1.29, 1.82) is 0 Å². The summed E-state index contributed by atoms with van der Waals surface area (Å²) in [6.07, 6.45) is 1.49. The number of aromatic nitrogens is 2. The molecule has 1 aliphatic heterocycles. The van der Waals surface area contributed by atoms with Gasteiger partial charge in [0.05, 0.1) is 12.2 Å². The summed E-state index contributed by atoms with van der Waals surface area (Å²) in [5.41, 5.74) is 0.723. The number of anilines is 1. The first-order chi connectivity index (χ1) is 18.1. The lowest BCUT2D eigenvalue weighted by Gasteiger charge is -2.36. The fourth-order valence-corrected chi connectivity index (χ4v) is 4.17. The third-order valence-electron chi connectivity index (χ3n) is 6.55. The summed E-state index contributed by atoms with van der Waals surface area (Å²) in [5, 5.41) is 14.1. The number of hydrogen-bond acceptors (Lipinski definition) is 6. The van der Waals surface area contributed by atoms with E-state index in [0.29, 0.717) is 30.9 Å². The van der Waals surface area contributed by atoms with E-state index >= 15 is 0 Å². The first-order valence-electron chi connectivity index (χ1n) is 12.5. The predicted molar refractivity (Wildman–Crippen MR) is 139 cm³/mol. The average molecular weight is 531 g/mol. The van der Waals surface area contributed by atoms with Gasteiger partial charge in [0.1, 0.15) is 17.6 Å². The highest BCUT2D eigenvalue weighted by molar-refractivity contribution is 5.98. The number of nitrogens with one attached hydrogen (secondary N) is 4. The second-order valence-corrected chi connectivity index (χ2v) is 9.12. The van der Waals surface area contributed by atoms with Gasteiger partial charge in [0.25, 0.3) is 5.91 Å². The molecule has 38 heavy (non-hydrogen) atoms. The number of benzene rings is 1. The van der Waals surface area contributed by atoms with Crippen LogP contribution < -0.4 is 21.3 Å². The van der Waals surface area contributed by atoms with Crippen LogP contribution in [-0.2, 0) is 16.1 Å². The number of halogens is 1. The van der Waals surface area contributed by atoms with Crippen molar-refractivity contribution in [3.8, 4) is 0 Å². The number of aryl methyl sites for hydroxylation is 1. The number of rotatable bonds is 9. The van der Waals surface area contributed by atoms with E-state index in [-0.39, 0.29) is 18.1 Å². The molecular formula is C25H35FN8O4. The van der Waals surface area contributed by atoms with Crippen LogP contribution in [0.15, 0.2) is 30.5 Å². The largest absolute Gasteiger partial charge is 0.342 e. The summed E-state index contributed by atoms with van der Waals surface area (Å²) in [6, 6.07) is 4.33. The molecule has 1 aliphatic rings. The topological polar surface area (TPSA) is 141 Å². The normalized spacial score (nSPS) is 15.3. The lowest BCUT2D eigenvalue weighted by molar-refractivity contribution is -0.135. The summed E-state index contributed by atoms with van der Waals surface area (Å²) < 4.78 is 16.5. The zero-order valence-electron chi connectivity index (χ0n) is 22.1. The molecule has 3 rings (SSSR count). The Kier molecular flexibility index (Phi) is 9.77. The van der Waals surface area contributed by atoms with Crippen LogP contribution >= 0.6 is 0 Å². The Bertz CT molecular complexity index is 1160. The Morgan fingerprint density at radius 3 is 2.45 bits per heavy atom. The van der Waals surface area contributed by atoms with Crippen LogP contribution in [0.3, 0.4) is 0 Å². The number of carbonyl (C=O) groups excluding carboxylic acids is 4. The van der Waals surface area contributed by atoms with E-state index in [1.165, 1.54) is 36.1 Å². The Morgan fingerprint density at radius 2 is 1.82 bits per heavy atom. The summed E-state index contributed by atoms with van der Waals surface area (Å²) >= 11 is 0. The molecule has 0 unspecified atom stereocenters. The van der Waals surface area contributed by atoms with E-state index in [2.05, 4.69) is 31.3 Å². The Balaban J connectivity index is 1.66. The summed E-state index contributed by atoms with van der Waals surface area (Å²) in [7, 11) is 3.43. The number of amides is 5. The molecule has 2 aromatic rings. The maximum Gasteiger partial charge on any atom is 0.315 e. The highest BCUT2D eigenvalue weighted by Gasteiger charge is 2.33. The van der Waals surface area contributed by atoms with E-state index in [0.717, 1.165) is 13.1 Å². The molecule has 0 bridgehead atoms. The number of hydrogen-bond donors (Lipinski definition) is 4. The molecule has 1 saturated heterocycles. The fourth-order valence-electron chi connectivity index (χ4n) is 4.17. The number of piperazine rings is 1. The zero-order valence-corrected chi connectivity index (χ0v) is 22.1. The molecule has 5 amide bonds. The van der Waals surface area contributed by atoms with Crippen molar-refractivity contribution in [2.75, 3.05) is 52.1 Å². The third-order valence-corrected chi connectivity index (χ3v) is 6.55. The van der Waals surface area contributed by atoms with E-state index in [1.54, 1.807) is 17.9 Å². The first kappa shape index (κ1) is 28.6. The van der Waals surface area contributed by atoms with Gasteiger partial charge in [-0.1, -0.05) is 13.0 Å². The van der Waals surface area contributed by atoms with Crippen LogP contribution in [0.25, 0.3) is 0 Å². The SMILES string of the molecule is CCn1nccc1C(=O)NCC(=O)Nc1ccc([C@H](C)[C@@H](NC(=O)NC)C(=O)N2CCN(C)CC2)cc1F. The van der Waals surface area contributed by atoms with Crippen LogP contribution in [0.2, 0.25) is 0 Å². The molecule has 2 atom stereocenters. The minimum Gasteiger partial charge on any atom is -0.342 e. The molecule has 0 radical (unpaired) electrons. The molecule has 0 saturated carbocycles. The molecule has 4 N–H and O–H groups in total. The van der Waals surface area contributed by atoms with Gasteiger partial charge < -0.3 is 31.1 Å². The second kappa shape index (κ2) is 13.0. The van der Waals surface area contributed by atoms with Gasteiger partial charge in [-0.05, 0) is 37.7 Å². The average Bonchev–Trinajstić information content (AvgIpc) is 3.40. The number of likely N-dealkylation sites (N-methyl/N-ethyl adjacent to an activating group) is 1. The smallest absolute Gasteiger partial charge is 0.315 e. The van der Waals surface area contributed by atoms with Crippen LogP contribution in [0, 0.1) is 5.82 Å². The van der Waals surface area contributed by atoms with Crippen molar-refractivity contribution in [3.63, 3.8) is 0 Å². The Morgan fingerprint density at radius 1 is 1.11 bits per heavy atom. The number of nitrogens with zero attached hydrogens (tertiary/aromatic N) is 4. The maximum absolute atomic E-state index is 15.0. The van der Waals surface area contributed by atoms with E-state index in [9.17, 15) is 23.6 Å². The molecule has 1 fully saturated rings. The molecule has 1 aromatic heterocycles. The molecule has 206 valence electrons. The van der Waals surface area contributed by atoms with Crippen molar-refractivity contribution in [3.05, 3.63) is 47.5 Å². The maximum atomic E-state index is 15.0. The minimum atomic E-state index is -0.912. The highest BCUT2D eigenvalue weighted by Crippen LogP contribution is 2.25. The molecule has 12 nitrogen and oxygen atoms in total. The minimum absolute atomic E-state index is 0.0694. The van der Waals surface area contributed by atoms with Gasteiger partial charge >= 0.3 is 6.03 Å². The van der Waals surface area contributed by atoms with Crippen LogP contribution in [0.1, 0.15) is 35.8 Å². The van der Waals surface area contributed by atoms with Gasteiger partial charge in [-0.15, -0.1) is 0 Å². The Hall–Kier alpha value is -4.00. The molecule has 0 spiro atoms. The van der Waals surface area contributed by atoms with Gasteiger partial charge in [-0.3, -0.25) is 19.1 Å². The monoisotopic (exact) mass is 530 g/mol. The molecule has 1 aromatic carbocycles. The highest BCUT2D eigenvalue weighted by atomic mass is 19.1. The van der Waals surface area contributed by atoms with Crippen molar-refractivity contribution < 1.29 is 23.6 Å². The van der Waals surface area contributed by atoms with Crippen molar-refractivity contribution in [1.82, 2.24) is 35.5 Å². The standard InChI is InChI=1S/C25H35FN8O4/c1-5-34-20(8-9-29-34)23(36)28-15-21(35)30-19-7-6-17(14-18(19)26)16(2)22(31-25(38)27-3)24(37)33-12-10-32(4)11-13-33/h6-9,14,16,22H,5,10-13,15H2,1-4H3,(H,28,36)(H,30,35)(H2,27,31,38)/t16-,22+/m0/s1. The van der Waals surface area contributed by atoms with E-state index in [1.807, 2.05) is 14.0 Å². The number of carbonyl (C=O) groups is 4. The van der Waals surface area contributed by atoms with Crippen molar-refractivity contribution in [2.45, 2.75) is 32.4 Å². The van der Waals surface area contributed by atoms with Crippen LogP contribution in [-0.4, -0.2) is 96.2 Å². The lowest BCUT2D eigenvalue weighted by atomic mass is 9.91. The lowest BCUT2D eigenvalue weighted by Crippen LogP contribution is -2.56. The first-order valence-corrected chi connectivity index (χ1v) is 12.5. The quantitative estimate of drug-likeness (QED) is 0.374. The van der Waals surface area contributed by atoms with E-state index < -0.39 is 35.6 Å².